The van der Waals surface area contributed by atoms with Gasteiger partial charge >= 0.3 is 11.9 Å². The van der Waals surface area contributed by atoms with Crippen LogP contribution in [0, 0.1) is 0 Å². The van der Waals surface area contributed by atoms with E-state index in [0.717, 1.165) is 43.7 Å². The minimum Gasteiger partial charge on any atom is -0.487 e. The van der Waals surface area contributed by atoms with Crippen LogP contribution in [0.15, 0.2) is 83.7 Å². The van der Waals surface area contributed by atoms with Crippen LogP contribution in [0.2, 0.25) is 0 Å². The normalized spacial score (nSPS) is 11.4. The molecule has 2 aromatic carbocycles. The van der Waals surface area contributed by atoms with E-state index in [0.29, 0.717) is 26.0 Å². The van der Waals surface area contributed by atoms with E-state index >= 15 is 0 Å². The summed E-state index contributed by atoms with van der Waals surface area (Å²) in [4.78, 5) is 29.2. The Kier molecular flexibility index (Phi) is 9.14. The molecule has 8 nitrogen and oxygen atoms in total. The minimum absolute atomic E-state index is 0.381. The highest BCUT2D eigenvalue weighted by Gasteiger charge is 2.38. The lowest BCUT2D eigenvalue weighted by Gasteiger charge is -2.31. The van der Waals surface area contributed by atoms with Crippen molar-refractivity contribution in [2.45, 2.75) is 51.9 Å². The molecule has 0 aliphatic heterocycles. The summed E-state index contributed by atoms with van der Waals surface area (Å²) in [5, 5.41) is 18.9. The summed E-state index contributed by atoms with van der Waals surface area (Å²) in [5.74, 6) is -1.23. The molecule has 0 saturated heterocycles. The number of carbonyl (C=O) groups is 2. The first-order chi connectivity index (χ1) is 20.4. The van der Waals surface area contributed by atoms with E-state index < -0.39 is 24.0 Å². The van der Waals surface area contributed by atoms with Crippen molar-refractivity contribution in [2.75, 3.05) is 0 Å². The van der Waals surface area contributed by atoms with Gasteiger partial charge in [-0.05, 0) is 42.0 Å². The highest BCUT2D eigenvalue weighted by molar-refractivity contribution is 7.13. The number of hydrogen-bond donors (Lipinski definition) is 1. The summed E-state index contributed by atoms with van der Waals surface area (Å²) in [6.07, 6.45) is 2.19. The monoisotopic (exact) mass is 601 g/mol. The van der Waals surface area contributed by atoms with Crippen molar-refractivity contribution in [3.63, 3.8) is 0 Å². The van der Waals surface area contributed by atoms with Gasteiger partial charge in [0.05, 0.1) is 17.1 Å². The molecule has 0 aliphatic rings. The second-order valence-electron chi connectivity index (χ2n) is 9.75. The van der Waals surface area contributed by atoms with Gasteiger partial charge in [0.25, 0.3) is 0 Å². The molecule has 0 radical (unpaired) electrons. The predicted octanol–water partition coefficient (Wildman–Crippen LogP) is 7.40. The highest BCUT2D eigenvalue weighted by atomic mass is 32.1. The molecule has 1 N–H and O–H groups in total. The lowest BCUT2D eigenvalue weighted by Crippen LogP contribution is -2.32. The number of carboxylic acid groups (broad SMARTS) is 1. The summed E-state index contributed by atoms with van der Waals surface area (Å²) in [5.41, 5.74) is 3.51. The number of carbonyl (C=O) groups excluding carboxylic acids is 1. The molecule has 0 bridgehead atoms. The number of carboxylic acids is 1. The standard InChI is InChI=1S/C32H31N3O5S2/c1-3-32(4-2,40-29(38)17-28(36)37)26-19-35(34-30(26)27-11-8-16-41-27)18-22-12-14-25(15-13-22)39-20-24-21-42-31(33-24)23-9-6-5-7-10-23/h5-16,19,21H,3-4,17-18,20H2,1-2H3,(H,36,37). The van der Waals surface area contributed by atoms with Crippen LogP contribution >= 0.6 is 22.7 Å². The number of thiazole rings is 1. The molecule has 0 atom stereocenters. The summed E-state index contributed by atoms with van der Waals surface area (Å²) < 4.78 is 13.7. The Balaban J connectivity index is 1.31. The summed E-state index contributed by atoms with van der Waals surface area (Å²) in [6, 6.07) is 21.9. The zero-order chi connectivity index (χ0) is 29.5. The number of ether oxygens (including phenoxy) is 2. The summed E-state index contributed by atoms with van der Waals surface area (Å²) >= 11 is 3.15. The zero-order valence-corrected chi connectivity index (χ0v) is 25.0. The first-order valence-corrected chi connectivity index (χ1v) is 15.4. The number of thiophene rings is 1. The van der Waals surface area contributed by atoms with E-state index in [1.165, 1.54) is 0 Å². The van der Waals surface area contributed by atoms with Crippen molar-refractivity contribution in [3.8, 4) is 26.9 Å². The topological polar surface area (TPSA) is 104 Å². The summed E-state index contributed by atoms with van der Waals surface area (Å²) in [6.45, 7) is 4.74. The molecule has 216 valence electrons. The smallest absolute Gasteiger partial charge is 0.318 e. The van der Waals surface area contributed by atoms with Crippen LogP contribution in [0.5, 0.6) is 5.75 Å². The van der Waals surface area contributed by atoms with Crippen LogP contribution < -0.4 is 4.74 Å². The molecule has 42 heavy (non-hydrogen) atoms. The first kappa shape index (κ1) is 29.2. The lowest BCUT2D eigenvalue weighted by atomic mass is 9.88. The van der Waals surface area contributed by atoms with Gasteiger partial charge in [-0.15, -0.1) is 22.7 Å². The number of aliphatic carboxylic acids is 1. The Bertz CT molecular complexity index is 1620. The third kappa shape index (κ3) is 6.78. The number of hydrogen-bond acceptors (Lipinski definition) is 8. The Labute approximate surface area is 252 Å². The third-order valence-electron chi connectivity index (χ3n) is 6.98. The maximum absolute atomic E-state index is 12.5. The van der Waals surface area contributed by atoms with Crippen LogP contribution in [-0.4, -0.2) is 31.8 Å². The molecular formula is C32H31N3O5S2. The van der Waals surface area contributed by atoms with Crippen LogP contribution in [-0.2, 0) is 33.1 Å². The number of aromatic nitrogens is 3. The first-order valence-electron chi connectivity index (χ1n) is 13.7. The van der Waals surface area contributed by atoms with Gasteiger partial charge in [-0.3, -0.25) is 14.3 Å². The molecule has 0 saturated carbocycles. The lowest BCUT2D eigenvalue weighted by molar-refractivity contribution is -0.165. The number of nitrogens with zero attached hydrogens (tertiary/aromatic N) is 3. The maximum Gasteiger partial charge on any atom is 0.318 e. The van der Waals surface area contributed by atoms with E-state index in [2.05, 4.69) is 4.98 Å². The largest absolute Gasteiger partial charge is 0.487 e. The van der Waals surface area contributed by atoms with E-state index in [1.54, 1.807) is 22.7 Å². The third-order valence-corrected chi connectivity index (χ3v) is 8.80. The molecule has 0 spiro atoms. The van der Waals surface area contributed by atoms with Gasteiger partial charge in [0.1, 0.15) is 35.1 Å². The quantitative estimate of drug-likeness (QED) is 0.111. The fourth-order valence-electron chi connectivity index (χ4n) is 4.76. The van der Waals surface area contributed by atoms with Gasteiger partial charge in [0, 0.05) is 22.7 Å². The molecule has 0 amide bonds. The molecule has 0 unspecified atom stereocenters. The van der Waals surface area contributed by atoms with Crippen LogP contribution in [0.3, 0.4) is 0 Å². The fraction of sp³-hybridized carbons (Fsp3) is 0.250. The van der Waals surface area contributed by atoms with Crippen LogP contribution in [0.4, 0.5) is 0 Å². The summed E-state index contributed by atoms with van der Waals surface area (Å²) in [7, 11) is 0. The molecular weight excluding hydrogens is 571 g/mol. The molecule has 3 heterocycles. The number of benzene rings is 2. The maximum atomic E-state index is 12.5. The van der Waals surface area contributed by atoms with E-state index in [-0.39, 0.29) is 0 Å². The number of rotatable bonds is 13. The Morgan fingerprint density at radius 2 is 1.74 bits per heavy atom. The van der Waals surface area contributed by atoms with Gasteiger partial charge < -0.3 is 14.6 Å². The Morgan fingerprint density at radius 1 is 0.976 bits per heavy atom. The minimum atomic E-state index is -1.22. The van der Waals surface area contributed by atoms with E-state index in [1.807, 2.05) is 102 Å². The molecule has 5 rings (SSSR count). The van der Waals surface area contributed by atoms with Gasteiger partial charge in [-0.1, -0.05) is 62.4 Å². The van der Waals surface area contributed by atoms with Crippen molar-refractivity contribution >= 4 is 34.6 Å². The second-order valence-corrected chi connectivity index (χ2v) is 11.6. The Morgan fingerprint density at radius 3 is 2.40 bits per heavy atom. The van der Waals surface area contributed by atoms with E-state index in [4.69, 9.17) is 19.7 Å². The van der Waals surface area contributed by atoms with Gasteiger partial charge in [-0.2, -0.15) is 5.10 Å². The van der Waals surface area contributed by atoms with Crippen molar-refractivity contribution < 1.29 is 24.2 Å². The van der Waals surface area contributed by atoms with Gasteiger partial charge in [0.2, 0.25) is 0 Å². The van der Waals surface area contributed by atoms with Crippen molar-refractivity contribution in [3.05, 3.63) is 101 Å². The molecule has 3 aromatic heterocycles. The second kappa shape index (κ2) is 13.1. The average molecular weight is 602 g/mol. The predicted molar refractivity (Wildman–Crippen MR) is 164 cm³/mol. The van der Waals surface area contributed by atoms with Crippen molar-refractivity contribution in [1.29, 1.82) is 0 Å². The van der Waals surface area contributed by atoms with Crippen molar-refractivity contribution in [1.82, 2.24) is 14.8 Å². The highest BCUT2D eigenvalue weighted by Crippen LogP contribution is 2.40. The fourth-order valence-corrected chi connectivity index (χ4v) is 6.29. The number of esters is 1. The molecule has 0 aliphatic carbocycles. The molecule has 10 heteroatoms. The zero-order valence-electron chi connectivity index (χ0n) is 23.4. The Hall–Kier alpha value is -4.28. The molecule has 0 fully saturated rings. The van der Waals surface area contributed by atoms with Crippen molar-refractivity contribution in [2.24, 2.45) is 0 Å². The molecule has 5 aromatic rings. The van der Waals surface area contributed by atoms with Gasteiger partial charge in [0.15, 0.2) is 0 Å². The van der Waals surface area contributed by atoms with E-state index in [9.17, 15) is 9.59 Å². The SMILES string of the molecule is CCC(CC)(OC(=O)CC(=O)O)c1cn(Cc2ccc(OCc3csc(-c4ccccc4)n3)cc2)nc1-c1cccs1. The van der Waals surface area contributed by atoms with Gasteiger partial charge in [-0.25, -0.2) is 4.98 Å². The average Bonchev–Trinajstić information content (AvgIpc) is 3.77. The van der Waals surface area contributed by atoms with Crippen LogP contribution in [0.25, 0.3) is 21.1 Å². The van der Waals surface area contributed by atoms with Crippen LogP contribution in [0.1, 0.15) is 49.9 Å².